The average Bonchev–Trinajstić information content (AvgIpc) is 1.59. The number of aliphatic imine (C=N–C) groups is 3. The Morgan fingerprint density at radius 1 is 0.447 bits per heavy atom. The van der Waals surface area contributed by atoms with Gasteiger partial charge in [-0.3, -0.25) is 20.0 Å². The normalized spacial score (nSPS) is 12.6. The summed E-state index contributed by atoms with van der Waals surface area (Å²) in [6.07, 6.45) is 9.68. The summed E-state index contributed by atoms with van der Waals surface area (Å²) in [5.41, 5.74) is 20.1. The molecule has 12 aromatic rings. The molecule has 6 aromatic heterocycles. The van der Waals surface area contributed by atoms with Crippen LogP contribution in [0.1, 0.15) is 147 Å². The van der Waals surface area contributed by atoms with Gasteiger partial charge in [0.05, 0.1) is 58.7 Å². The topological polar surface area (TPSA) is 215 Å². The summed E-state index contributed by atoms with van der Waals surface area (Å²) in [4.78, 5) is 65.2. The maximum atomic E-state index is 13.7. The van der Waals surface area contributed by atoms with Crippen LogP contribution in [0.2, 0.25) is 0 Å². The lowest BCUT2D eigenvalue weighted by Gasteiger charge is -2.16. The largest absolute Gasteiger partial charge is 0.478 e. The summed E-state index contributed by atoms with van der Waals surface area (Å²) >= 11 is 0. The highest BCUT2D eigenvalue weighted by Crippen LogP contribution is 2.45. The van der Waals surface area contributed by atoms with Gasteiger partial charge < -0.3 is 29.0 Å². The van der Waals surface area contributed by atoms with Crippen LogP contribution >= 0.6 is 0 Å². The molecule has 0 spiro atoms. The van der Waals surface area contributed by atoms with E-state index in [0.717, 1.165) is 128 Å². The van der Waals surface area contributed by atoms with Gasteiger partial charge in [0.15, 0.2) is 5.82 Å². The monoisotopic (exact) mass is 1250 g/mol. The van der Waals surface area contributed by atoms with Gasteiger partial charge in [-0.15, -0.1) is 0 Å². The molecule has 0 bridgehead atoms. The summed E-state index contributed by atoms with van der Waals surface area (Å²) in [6, 6.07) is 38.7. The van der Waals surface area contributed by atoms with Gasteiger partial charge in [-0.25, -0.2) is 42.5 Å². The summed E-state index contributed by atoms with van der Waals surface area (Å²) in [5.74, 6) is -3.23. The van der Waals surface area contributed by atoms with Crippen molar-refractivity contribution in [1.29, 1.82) is 0 Å². The van der Waals surface area contributed by atoms with Crippen molar-refractivity contribution >= 4 is 69.3 Å². The molecule has 9 heterocycles. The number of aromatic nitrogens is 7. The minimum absolute atomic E-state index is 0.000573. The molecule has 0 fully saturated rings. The van der Waals surface area contributed by atoms with Crippen molar-refractivity contribution in [3.8, 4) is 51.0 Å². The van der Waals surface area contributed by atoms with Gasteiger partial charge in [-0.05, 0) is 191 Å². The molecule has 0 amide bonds. The highest BCUT2D eigenvalue weighted by atomic mass is 19.1. The molecule has 3 aliphatic heterocycles. The molecule has 6 aromatic carbocycles. The number of carbonyl (C=O) groups is 3. The van der Waals surface area contributed by atoms with Crippen LogP contribution in [0.5, 0.6) is 0 Å². The number of carboxylic acid groups (broad SMARTS) is 3. The lowest BCUT2D eigenvalue weighted by Crippen LogP contribution is -2.05. The van der Waals surface area contributed by atoms with Crippen LogP contribution in [-0.4, -0.2) is 85.5 Å². The Bertz CT molecular complexity index is 5160. The third kappa shape index (κ3) is 11.2. The number of nitrogens with zero attached hydrogens (tertiary/aromatic N) is 10. The van der Waals surface area contributed by atoms with E-state index >= 15 is 0 Å². The van der Waals surface area contributed by atoms with Crippen LogP contribution in [-0.2, 0) is 19.6 Å². The average molecular weight is 1260 g/mol. The molecular weight excluding hydrogens is 1190 g/mol. The third-order valence-electron chi connectivity index (χ3n) is 17.1. The molecule has 19 heteroatoms. The second-order valence-corrected chi connectivity index (χ2v) is 24.3. The van der Waals surface area contributed by atoms with E-state index in [1.54, 1.807) is 48.5 Å². The van der Waals surface area contributed by atoms with E-state index in [-0.39, 0.29) is 52.0 Å². The number of rotatable bonds is 12. The first-order valence-corrected chi connectivity index (χ1v) is 30.6. The Kier molecular flexibility index (Phi) is 16.1. The van der Waals surface area contributed by atoms with E-state index in [1.165, 1.54) is 61.1 Å². The van der Waals surface area contributed by atoms with Crippen molar-refractivity contribution in [1.82, 2.24) is 33.6 Å². The minimum atomic E-state index is -1.07. The van der Waals surface area contributed by atoms with Gasteiger partial charge in [0.1, 0.15) is 23.1 Å². The van der Waals surface area contributed by atoms with Crippen molar-refractivity contribution in [3.63, 3.8) is 0 Å². The Hall–Kier alpha value is -11.5. The highest BCUT2D eigenvalue weighted by molar-refractivity contribution is 6.06. The predicted octanol–water partition coefficient (Wildman–Crippen LogP) is 16.5. The molecule has 16 nitrogen and oxygen atoms in total. The highest BCUT2D eigenvalue weighted by Gasteiger charge is 2.30. The summed E-state index contributed by atoms with van der Waals surface area (Å²) in [7, 11) is 0. The van der Waals surface area contributed by atoms with Crippen LogP contribution < -0.4 is 0 Å². The summed E-state index contributed by atoms with van der Waals surface area (Å²) < 4.78 is 47.4. The molecule has 468 valence electrons. The van der Waals surface area contributed by atoms with Crippen LogP contribution in [0.25, 0.3) is 83.7 Å². The number of hydrogen-bond donors (Lipinski definition) is 3. The van der Waals surface area contributed by atoms with Crippen LogP contribution in [0.3, 0.4) is 0 Å². The quantitative estimate of drug-likeness (QED) is 0.105. The van der Waals surface area contributed by atoms with E-state index < -0.39 is 17.9 Å². The molecule has 0 aliphatic carbocycles. The maximum absolute atomic E-state index is 13.7. The maximum Gasteiger partial charge on any atom is 0.354 e. The molecule has 3 aliphatic rings. The Balaban J connectivity index is 0.000000128. The second kappa shape index (κ2) is 24.6. The Morgan fingerprint density at radius 3 is 1.22 bits per heavy atom. The number of carboxylic acids is 3. The predicted molar refractivity (Wildman–Crippen MR) is 359 cm³/mol. The first-order valence-electron chi connectivity index (χ1n) is 30.6. The molecule has 0 unspecified atom stereocenters. The number of aromatic carboxylic acids is 3. The number of hydrogen-bond acceptors (Lipinski definition) is 10. The van der Waals surface area contributed by atoms with Gasteiger partial charge >= 0.3 is 17.9 Å². The van der Waals surface area contributed by atoms with Crippen LogP contribution in [0, 0.1) is 24.4 Å². The van der Waals surface area contributed by atoms with Gasteiger partial charge in [-0.1, -0.05) is 47.6 Å². The minimum Gasteiger partial charge on any atom is -0.478 e. The third-order valence-corrected chi connectivity index (χ3v) is 17.1. The smallest absolute Gasteiger partial charge is 0.354 e. The first-order chi connectivity index (χ1) is 45.2. The number of aryl methyl sites for hydroxylation is 1. The van der Waals surface area contributed by atoms with Crippen molar-refractivity contribution in [2.24, 2.45) is 15.0 Å². The molecule has 0 saturated carbocycles. The lowest BCUT2D eigenvalue weighted by molar-refractivity contribution is 0.0681. The molecule has 94 heavy (non-hydrogen) atoms. The van der Waals surface area contributed by atoms with E-state index in [1.807, 2.05) is 31.6 Å². The van der Waals surface area contributed by atoms with Crippen LogP contribution in [0.15, 0.2) is 167 Å². The van der Waals surface area contributed by atoms with Crippen molar-refractivity contribution < 1.29 is 42.9 Å². The Morgan fingerprint density at radius 2 is 0.830 bits per heavy atom. The van der Waals surface area contributed by atoms with E-state index in [0.29, 0.717) is 31.2 Å². The fraction of sp³-hybridized carbons (Fsp3) is 0.173. The summed E-state index contributed by atoms with van der Waals surface area (Å²) in [5, 5.41) is 31.0. The number of benzene rings is 6. The zero-order valence-corrected chi connectivity index (χ0v) is 52.2. The standard InChI is InChI=1S/C26H22FN3O2.C25H20FN3O2.C24H19FN4O2/c1-14(2)25-23(24-15(3)8-18(13-29-24)26(31)32)21-9-16-11-28-12-17(16)10-22(21)30(25)20-6-4-19(27)5-7-20;1-14(2)24-23(20-4-3-5-21(28-20)25(30)31)19-10-15-12-27-13-16(15)11-22(19)29(24)18-8-6-17(26)7-9-18;1-13(2)22-21(23-27-11-16(12-28-23)24(30)31)19-7-14-9-26-10-15(14)8-20(19)29(22)18-5-3-17(25)4-6-18/h4-10,12-14H,11H2,1-3H3,(H,31,32);3-11,13-14H,12H2,1-2H3,(H,30,31);3-8,10-13H,9H2,1-2H3,(H,30,31). The van der Waals surface area contributed by atoms with Gasteiger partial charge in [0.2, 0.25) is 0 Å². The van der Waals surface area contributed by atoms with E-state index in [9.17, 15) is 42.9 Å². The molecule has 0 atom stereocenters. The molecule has 3 N–H and O–H groups in total. The van der Waals surface area contributed by atoms with Crippen LogP contribution in [0.4, 0.5) is 13.2 Å². The Labute approximate surface area is 537 Å². The van der Waals surface area contributed by atoms with Crippen molar-refractivity contribution in [2.45, 2.75) is 85.9 Å². The first kappa shape index (κ1) is 61.4. The molecule has 0 saturated heterocycles. The summed E-state index contributed by atoms with van der Waals surface area (Å²) in [6.45, 7) is 16.3. The number of fused-ring (bicyclic) bond motifs is 6. The zero-order valence-electron chi connectivity index (χ0n) is 52.2. The van der Waals surface area contributed by atoms with Gasteiger partial charge in [-0.2, -0.15) is 0 Å². The lowest BCUT2D eigenvalue weighted by atomic mass is 9.96. The number of halogens is 3. The fourth-order valence-corrected chi connectivity index (χ4v) is 13.0. The molecule has 0 radical (unpaired) electrons. The van der Waals surface area contributed by atoms with E-state index in [4.69, 9.17) is 0 Å². The SMILES string of the molecule is CC(C)c1c(-c2cccc(C(=O)O)n2)c2cc3c(cc2n1-c1ccc(F)cc1)C=NC3.CC(C)c1c(-c2ncc(C(=O)O)cn2)c2cc3c(cc2n1-c1ccc(F)cc1)C=NC3.Cc1cc(C(=O)O)cnc1-c1c(C(C)C)n(-c2ccc(F)cc2)c2cc3c(cc12)CN=C3. The molecule has 15 rings (SSSR count). The molecular formula is C75H61F3N10O6. The van der Waals surface area contributed by atoms with Gasteiger partial charge in [0, 0.05) is 104 Å². The van der Waals surface area contributed by atoms with E-state index in [2.05, 4.69) is 127 Å². The van der Waals surface area contributed by atoms with Crippen molar-refractivity contribution in [3.05, 3.63) is 242 Å². The zero-order chi connectivity index (χ0) is 66.0. The van der Waals surface area contributed by atoms with Crippen molar-refractivity contribution in [2.75, 3.05) is 0 Å². The second-order valence-electron chi connectivity index (χ2n) is 24.3. The van der Waals surface area contributed by atoms with Gasteiger partial charge in [0.25, 0.3) is 0 Å². The number of pyridine rings is 2. The fourth-order valence-electron chi connectivity index (χ4n) is 13.0.